The van der Waals surface area contributed by atoms with Crippen molar-refractivity contribution in [3.8, 4) is 11.4 Å². The Labute approximate surface area is 208 Å². The number of aromatic nitrogens is 7. The molecule has 0 spiro atoms. The molecule has 0 aliphatic heterocycles. The Bertz CT molecular complexity index is 1390. The minimum atomic E-state index is -0.231. The van der Waals surface area contributed by atoms with Crippen molar-refractivity contribution >= 4 is 28.7 Å². The van der Waals surface area contributed by atoms with Gasteiger partial charge in [-0.25, -0.2) is 24.9 Å². The molecule has 0 bridgehead atoms. The van der Waals surface area contributed by atoms with E-state index in [0.29, 0.717) is 23.5 Å². The highest BCUT2D eigenvalue weighted by Crippen LogP contribution is 2.25. The van der Waals surface area contributed by atoms with Crippen LogP contribution < -0.4 is 10.9 Å². The van der Waals surface area contributed by atoms with Crippen LogP contribution in [-0.2, 0) is 13.0 Å². The summed E-state index contributed by atoms with van der Waals surface area (Å²) in [6.45, 7) is 10.4. The van der Waals surface area contributed by atoms with E-state index in [9.17, 15) is 4.79 Å². The van der Waals surface area contributed by atoms with Crippen LogP contribution in [0.15, 0.2) is 40.5 Å². The Morgan fingerprint density at radius 3 is 2.57 bits per heavy atom. The number of pyridine rings is 1. The number of thioether (sulfide) groups is 1. The smallest absolute Gasteiger partial charge is 0.295 e. The van der Waals surface area contributed by atoms with E-state index in [1.54, 1.807) is 28.9 Å². The van der Waals surface area contributed by atoms with Gasteiger partial charge in [0, 0.05) is 17.1 Å². The monoisotopic (exact) mass is 490 g/mol. The van der Waals surface area contributed by atoms with Crippen molar-refractivity contribution in [3.05, 3.63) is 58.3 Å². The van der Waals surface area contributed by atoms with Gasteiger partial charge >= 0.3 is 0 Å². The topological polar surface area (TPSA) is 111 Å². The average molecular weight is 491 g/mol. The summed E-state index contributed by atoms with van der Waals surface area (Å²) >= 11 is 1.74. The molecular weight excluding hydrogens is 460 g/mol. The van der Waals surface area contributed by atoms with Gasteiger partial charge in [-0.15, -0.1) is 11.8 Å². The maximum atomic E-state index is 13.4. The zero-order valence-electron chi connectivity index (χ0n) is 20.7. The van der Waals surface area contributed by atoms with E-state index < -0.39 is 0 Å². The molecule has 9 nitrogen and oxygen atoms in total. The molecule has 0 aliphatic carbocycles. The van der Waals surface area contributed by atoms with Gasteiger partial charge in [-0.1, -0.05) is 20.3 Å². The summed E-state index contributed by atoms with van der Waals surface area (Å²) in [4.78, 5) is 41.7. The number of anilines is 1. The van der Waals surface area contributed by atoms with Crippen LogP contribution in [0, 0.1) is 6.92 Å². The summed E-state index contributed by atoms with van der Waals surface area (Å²) in [5.41, 5.74) is 4.16. The zero-order chi connectivity index (χ0) is 24.9. The minimum Gasteiger partial charge on any atom is -0.360 e. The van der Waals surface area contributed by atoms with Crippen molar-refractivity contribution in [2.45, 2.75) is 64.9 Å². The fourth-order valence-electron chi connectivity index (χ4n) is 3.90. The third-order valence-corrected chi connectivity index (χ3v) is 6.38. The number of nitrogens with zero attached hydrogens (tertiary/aromatic N) is 7. The largest absolute Gasteiger partial charge is 0.360 e. The summed E-state index contributed by atoms with van der Waals surface area (Å²) in [6.07, 6.45) is 6.82. The van der Waals surface area contributed by atoms with Crippen molar-refractivity contribution in [2.75, 3.05) is 11.1 Å². The van der Waals surface area contributed by atoms with Gasteiger partial charge in [0.25, 0.3) is 5.56 Å². The Kier molecular flexibility index (Phi) is 7.70. The second-order valence-electron chi connectivity index (χ2n) is 8.43. The van der Waals surface area contributed by atoms with Gasteiger partial charge in [0.1, 0.15) is 11.8 Å². The zero-order valence-corrected chi connectivity index (χ0v) is 21.6. The molecule has 0 radical (unpaired) electrons. The molecule has 0 atom stereocenters. The number of hydrogen-bond acceptors (Lipinski definition) is 9. The number of rotatable bonds is 9. The standard InChI is InChI=1S/C25H30N8OS/c1-6-8-19-21(16(5)29-14-30-19)22-28-13-20-24(32-22)33(15(3)4)25(34)23(31-20)27-11-17-9-10-18(12-26-17)35-7-2/h9-10,12-15H,6-8,11H2,1-5H3,(H,27,31). The Morgan fingerprint density at radius 2 is 1.89 bits per heavy atom. The molecule has 0 fully saturated rings. The van der Waals surface area contributed by atoms with Crippen LogP contribution in [0.4, 0.5) is 5.82 Å². The molecule has 35 heavy (non-hydrogen) atoms. The first-order chi connectivity index (χ1) is 16.9. The van der Waals surface area contributed by atoms with Crippen LogP contribution in [-0.4, -0.2) is 40.2 Å². The second kappa shape index (κ2) is 10.9. The maximum absolute atomic E-state index is 13.4. The first-order valence-electron chi connectivity index (χ1n) is 11.8. The SMILES string of the molecule is CCCc1ncnc(C)c1-c1ncc2nc(NCc3ccc(SCC)cn3)c(=O)n(C(C)C)c2n1. The quantitative estimate of drug-likeness (QED) is 0.336. The molecule has 4 heterocycles. The lowest BCUT2D eigenvalue weighted by Gasteiger charge is -2.16. The number of hydrogen-bond donors (Lipinski definition) is 1. The van der Waals surface area contributed by atoms with E-state index in [0.717, 1.165) is 46.1 Å². The predicted octanol–water partition coefficient (Wildman–Crippen LogP) is 4.60. The van der Waals surface area contributed by atoms with E-state index in [1.807, 2.05) is 39.1 Å². The van der Waals surface area contributed by atoms with Crippen molar-refractivity contribution < 1.29 is 0 Å². The predicted molar refractivity (Wildman–Crippen MR) is 140 cm³/mol. The lowest BCUT2D eigenvalue weighted by molar-refractivity contribution is 0.593. The molecule has 4 rings (SSSR count). The van der Waals surface area contributed by atoms with Gasteiger partial charge in [-0.2, -0.15) is 0 Å². The molecule has 0 aromatic carbocycles. The number of aryl methyl sites for hydroxylation is 2. The highest BCUT2D eigenvalue weighted by Gasteiger charge is 2.19. The van der Waals surface area contributed by atoms with Gasteiger partial charge in [-0.3, -0.25) is 14.3 Å². The van der Waals surface area contributed by atoms with E-state index >= 15 is 0 Å². The second-order valence-corrected chi connectivity index (χ2v) is 9.77. The van der Waals surface area contributed by atoms with Crippen LogP contribution in [0.5, 0.6) is 0 Å². The highest BCUT2D eigenvalue weighted by molar-refractivity contribution is 7.99. The van der Waals surface area contributed by atoms with Crippen molar-refractivity contribution in [2.24, 2.45) is 0 Å². The molecule has 10 heteroatoms. The molecule has 0 aliphatic rings. The summed E-state index contributed by atoms with van der Waals surface area (Å²) in [5.74, 6) is 1.75. The number of nitrogens with one attached hydrogen (secondary N) is 1. The Morgan fingerprint density at radius 1 is 1.06 bits per heavy atom. The Hall–Kier alpha value is -3.40. The van der Waals surface area contributed by atoms with Crippen LogP contribution >= 0.6 is 11.8 Å². The lowest BCUT2D eigenvalue weighted by Crippen LogP contribution is -2.27. The molecule has 0 unspecified atom stereocenters. The molecule has 0 saturated heterocycles. The minimum absolute atomic E-state index is 0.122. The highest BCUT2D eigenvalue weighted by atomic mass is 32.2. The fraction of sp³-hybridized carbons (Fsp3) is 0.400. The third kappa shape index (κ3) is 5.32. The number of fused-ring (bicyclic) bond motifs is 1. The van der Waals surface area contributed by atoms with Gasteiger partial charge < -0.3 is 5.32 Å². The molecular formula is C25H30N8OS. The average Bonchev–Trinajstić information content (AvgIpc) is 2.84. The van der Waals surface area contributed by atoms with Crippen LogP contribution in [0.1, 0.15) is 57.2 Å². The first-order valence-corrected chi connectivity index (χ1v) is 12.8. The van der Waals surface area contributed by atoms with Crippen LogP contribution in [0.2, 0.25) is 0 Å². The molecule has 182 valence electrons. The van der Waals surface area contributed by atoms with E-state index in [-0.39, 0.29) is 17.4 Å². The Balaban J connectivity index is 1.73. The van der Waals surface area contributed by atoms with Gasteiger partial charge in [-0.05, 0) is 45.1 Å². The maximum Gasteiger partial charge on any atom is 0.295 e. The van der Waals surface area contributed by atoms with Gasteiger partial charge in [0.2, 0.25) is 0 Å². The van der Waals surface area contributed by atoms with Crippen molar-refractivity contribution in [1.82, 2.24) is 34.5 Å². The molecule has 1 N–H and O–H groups in total. The van der Waals surface area contributed by atoms with E-state index in [4.69, 9.17) is 4.98 Å². The molecule has 4 aromatic rings. The first kappa shape index (κ1) is 24.7. The molecule has 0 saturated carbocycles. The van der Waals surface area contributed by atoms with E-state index in [2.05, 4.69) is 44.1 Å². The normalized spacial score (nSPS) is 11.4. The van der Waals surface area contributed by atoms with Crippen molar-refractivity contribution in [1.29, 1.82) is 0 Å². The summed E-state index contributed by atoms with van der Waals surface area (Å²) in [7, 11) is 0. The van der Waals surface area contributed by atoms with Crippen LogP contribution in [0.25, 0.3) is 22.6 Å². The lowest BCUT2D eigenvalue weighted by atomic mass is 10.1. The fourth-order valence-corrected chi connectivity index (χ4v) is 4.52. The summed E-state index contributed by atoms with van der Waals surface area (Å²) in [5, 5.41) is 3.16. The van der Waals surface area contributed by atoms with Crippen LogP contribution in [0.3, 0.4) is 0 Å². The van der Waals surface area contributed by atoms with Crippen molar-refractivity contribution in [3.63, 3.8) is 0 Å². The van der Waals surface area contributed by atoms with E-state index in [1.165, 1.54) is 0 Å². The summed E-state index contributed by atoms with van der Waals surface area (Å²) < 4.78 is 1.66. The van der Waals surface area contributed by atoms with Gasteiger partial charge in [0.05, 0.1) is 35.4 Å². The molecule has 0 amide bonds. The summed E-state index contributed by atoms with van der Waals surface area (Å²) in [6, 6.07) is 3.87. The third-order valence-electron chi connectivity index (χ3n) is 5.52. The molecule has 4 aromatic heterocycles. The van der Waals surface area contributed by atoms with Gasteiger partial charge in [0.15, 0.2) is 17.3 Å².